The summed E-state index contributed by atoms with van der Waals surface area (Å²) in [6.45, 7) is 5.72. The molecule has 0 radical (unpaired) electrons. The number of rotatable bonds is 6. The minimum absolute atomic E-state index is 0.0460. The van der Waals surface area contributed by atoms with Crippen molar-refractivity contribution >= 4 is 5.91 Å². The molecule has 2 aliphatic rings. The molecule has 8 heteroatoms. The van der Waals surface area contributed by atoms with Gasteiger partial charge in [-0.05, 0) is 44.0 Å². The number of likely N-dealkylation sites (tertiary alicyclic amines) is 1. The van der Waals surface area contributed by atoms with Gasteiger partial charge in [0.2, 0.25) is 5.91 Å². The van der Waals surface area contributed by atoms with Crippen LogP contribution in [-0.4, -0.2) is 70.7 Å². The maximum absolute atomic E-state index is 13.0. The van der Waals surface area contributed by atoms with Crippen LogP contribution in [0, 0.1) is 12.7 Å². The number of benzene rings is 1. The predicted molar refractivity (Wildman–Crippen MR) is 105 cm³/mol. The minimum atomic E-state index is -0.295. The van der Waals surface area contributed by atoms with Crippen molar-refractivity contribution < 1.29 is 18.7 Å². The number of carbonyl (C=O) groups is 1. The molecular formula is C21H27FN4O3. The maximum Gasteiger partial charge on any atom is 0.248 e. The van der Waals surface area contributed by atoms with Gasteiger partial charge < -0.3 is 19.4 Å². The van der Waals surface area contributed by atoms with E-state index in [0.29, 0.717) is 18.9 Å². The van der Waals surface area contributed by atoms with Gasteiger partial charge in [-0.3, -0.25) is 9.69 Å². The molecule has 2 fully saturated rings. The zero-order chi connectivity index (χ0) is 20.2. The molecule has 2 aromatic rings. The Morgan fingerprint density at radius 2 is 2.03 bits per heavy atom. The second-order valence-corrected chi connectivity index (χ2v) is 7.73. The lowest BCUT2D eigenvalue weighted by Crippen LogP contribution is -2.55. The average Bonchev–Trinajstić information content (AvgIpc) is 3.14. The Bertz CT molecular complexity index is 818. The van der Waals surface area contributed by atoms with Crippen LogP contribution in [0.15, 0.2) is 30.6 Å². The van der Waals surface area contributed by atoms with Crippen molar-refractivity contribution in [3.05, 3.63) is 47.8 Å². The second kappa shape index (κ2) is 8.92. The number of amides is 1. The lowest BCUT2D eigenvalue weighted by atomic mass is 10.0. The summed E-state index contributed by atoms with van der Waals surface area (Å²) in [5.41, 5.74) is 2.20. The number of imidazole rings is 1. The number of aromatic nitrogens is 2. The predicted octanol–water partition coefficient (Wildman–Crippen LogP) is 2.13. The fourth-order valence-electron chi connectivity index (χ4n) is 3.97. The highest BCUT2D eigenvalue weighted by Gasteiger charge is 2.34. The van der Waals surface area contributed by atoms with Gasteiger partial charge in [0.15, 0.2) is 0 Å². The van der Waals surface area contributed by atoms with E-state index in [9.17, 15) is 9.18 Å². The van der Waals surface area contributed by atoms with Gasteiger partial charge in [-0.15, -0.1) is 0 Å². The zero-order valence-corrected chi connectivity index (χ0v) is 16.6. The largest absolute Gasteiger partial charge is 0.491 e. The lowest BCUT2D eigenvalue weighted by Gasteiger charge is -2.42. The van der Waals surface area contributed by atoms with Crippen molar-refractivity contribution in [1.29, 1.82) is 0 Å². The van der Waals surface area contributed by atoms with Crippen LogP contribution in [0.3, 0.4) is 0 Å². The van der Waals surface area contributed by atoms with Gasteiger partial charge in [0.05, 0.1) is 18.6 Å². The van der Waals surface area contributed by atoms with Crippen molar-refractivity contribution in [2.24, 2.45) is 0 Å². The Morgan fingerprint density at radius 1 is 1.28 bits per heavy atom. The van der Waals surface area contributed by atoms with E-state index in [-0.39, 0.29) is 30.5 Å². The van der Waals surface area contributed by atoms with Crippen LogP contribution in [0.4, 0.5) is 4.39 Å². The highest BCUT2D eigenvalue weighted by molar-refractivity contribution is 5.78. The number of nitrogens with zero attached hydrogens (tertiary/aromatic N) is 3. The average molecular weight is 402 g/mol. The van der Waals surface area contributed by atoms with E-state index in [1.165, 1.54) is 12.1 Å². The van der Waals surface area contributed by atoms with E-state index in [1.807, 2.05) is 11.8 Å². The fraction of sp³-hybridized carbons (Fsp3) is 0.524. The summed E-state index contributed by atoms with van der Waals surface area (Å²) in [5, 5.41) is 0. The number of aromatic amines is 1. The second-order valence-electron chi connectivity index (χ2n) is 7.73. The molecule has 2 aliphatic heterocycles. The molecule has 1 aromatic heterocycles. The number of ether oxygens (including phenoxy) is 2. The summed E-state index contributed by atoms with van der Waals surface area (Å²) in [7, 11) is 0. The number of morpholine rings is 1. The van der Waals surface area contributed by atoms with Gasteiger partial charge in [-0.25, -0.2) is 9.37 Å². The zero-order valence-electron chi connectivity index (χ0n) is 16.6. The molecule has 1 amide bonds. The van der Waals surface area contributed by atoms with Gasteiger partial charge in [0, 0.05) is 31.4 Å². The Balaban J connectivity index is 1.27. The number of nitrogens with one attached hydrogen (secondary N) is 1. The summed E-state index contributed by atoms with van der Waals surface area (Å²) in [6.07, 6.45) is 3.45. The number of H-pyrrole nitrogens is 1. The number of hydrogen-bond donors (Lipinski definition) is 1. The first kappa shape index (κ1) is 19.8. The molecule has 0 aliphatic carbocycles. The van der Waals surface area contributed by atoms with Gasteiger partial charge in [-0.1, -0.05) is 0 Å². The fourth-order valence-corrected chi connectivity index (χ4v) is 3.97. The molecule has 1 aromatic carbocycles. The van der Waals surface area contributed by atoms with Crippen LogP contribution in [0.25, 0.3) is 0 Å². The van der Waals surface area contributed by atoms with E-state index >= 15 is 0 Å². The Morgan fingerprint density at radius 3 is 2.72 bits per heavy atom. The van der Waals surface area contributed by atoms with Gasteiger partial charge in [0.25, 0.3) is 0 Å². The molecule has 156 valence electrons. The van der Waals surface area contributed by atoms with Crippen molar-refractivity contribution in [3.63, 3.8) is 0 Å². The summed E-state index contributed by atoms with van der Waals surface area (Å²) in [4.78, 5) is 24.3. The number of carbonyl (C=O) groups excluding carboxylic acids is 1. The van der Waals surface area contributed by atoms with Crippen LogP contribution in [0.5, 0.6) is 5.75 Å². The summed E-state index contributed by atoms with van der Waals surface area (Å²) < 4.78 is 24.4. The molecule has 1 atom stereocenters. The van der Waals surface area contributed by atoms with E-state index in [1.54, 1.807) is 18.5 Å². The molecule has 7 nitrogen and oxygen atoms in total. The van der Waals surface area contributed by atoms with Crippen LogP contribution in [0.2, 0.25) is 0 Å². The first-order chi connectivity index (χ1) is 14.1. The third-order valence-electron chi connectivity index (χ3n) is 5.72. The smallest absolute Gasteiger partial charge is 0.248 e. The molecule has 0 bridgehead atoms. The summed E-state index contributed by atoms with van der Waals surface area (Å²) >= 11 is 0. The SMILES string of the molecule is Cc1[nH]cnc1CN1CCC(N2CC(COc3ccc(F)cc3)OCC2=O)CC1. The molecule has 0 spiro atoms. The Labute approximate surface area is 169 Å². The molecular weight excluding hydrogens is 375 g/mol. The highest BCUT2D eigenvalue weighted by atomic mass is 19.1. The molecule has 2 saturated heterocycles. The summed E-state index contributed by atoms with van der Waals surface area (Å²) in [6, 6.07) is 6.16. The molecule has 29 heavy (non-hydrogen) atoms. The van der Waals surface area contributed by atoms with Crippen LogP contribution in [-0.2, 0) is 16.1 Å². The van der Waals surface area contributed by atoms with Crippen molar-refractivity contribution in [2.75, 3.05) is 32.8 Å². The number of halogens is 1. The number of hydrogen-bond acceptors (Lipinski definition) is 5. The minimum Gasteiger partial charge on any atom is -0.491 e. The first-order valence-corrected chi connectivity index (χ1v) is 10.1. The van der Waals surface area contributed by atoms with Crippen molar-refractivity contribution in [2.45, 2.75) is 38.5 Å². The molecule has 1 N–H and O–H groups in total. The van der Waals surface area contributed by atoms with Crippen LogP contribution < -0.4 is 4.74 Å². The quantitative estimate of drug-likeness (QED) is 0.802. The molecule has 3 heterocycles. The normalized spacial score (nSPS) is 21.5. The number of aryl methyl sites for hydroxylation is 1. The molecule has 0 saturated carbocycles. The van der Waals surface area contributed by atoms with E-state index in [2.05, 4.69) is 14.9 Å². The van der Waals surface area contributed by atoms with E-state index in [0.717, 1.165) is 43.9 Å². The third kappa shape index (κ3) is 4.94. The van der Waals surface area contributed by atoms with Crippen LogP contribution >= 0.6 is 0 Å². The van der Waals surface area contributed by atoms with Gasteiger partial charge >= 0.3 is 0 Å². The van der Waals surface area contributed by atoms with Crippen molar-refractivity contribution in [3.8, 4) is 5.75 Å². The first-order valence-electron chi connectivity index (χ1n) is 10.1. The monoisotopic (exact) mass is 402 g/mol. The molecule has 4 rings (SSSR count). The van der Waals surface area contributed by atoms with E-state index < -0.39 is 0 Å². The van der Waals surface area contributed by atoms with Crippen molar-refractivity contribution in [1.82, 2.24) is 19.8 Å². The van der Waals surface area contributed by atoms with Gasteiger partial charge in [-0.2, -0.15) is 0 Å². The topological polar surface area (TPSA) is 70.7 Å². The van der Waals surface area contributed by atoms with E-state index in [4.69, 9.17) is 9.47 Å². The third-order valence-corrected chi connectivity index (χ3v) is 5.72. The maximum atomic E-state index is 13.0. The van der Waals surface area contributed by atoms with Crippen LogP contribution in [0.1, 0.15) is 24.2 Å². The highest BCUT2D eigenvalue weighted by Crippen LogP contribution is 2.22. The van der Waals surface area contributed by atoms with Gasteiger partial charge in [0.1, 0.15) is 30.9 Å². The standard InChI is InChI=1S/C21H27FN4O3/c1-15-20(24-14-23-15)11-25-8-6-17(7-9-25)26-10-19(29-13-21(26)27)12-28-18-4-2-16(22)3-5-18/h2-5,14,17,19H,6-13H2,1H3,(H,23,24). The Hall–Kier alpha value is -2.45. The number of piperidine rings is 1. The Kier molecular flexibility index (Phi) is 6.10. The summed E-state index contributed by atoms with van der Waals surface area (Å²) in [5.74, 6) is 0.349. The lowest BCUT2D eigenvalue weighted by molar-refractivity contribution is -0.155. The molecule has 1 unspecified atom stereocenters.